The maximum atomic E-state index is 5.93. The van der Waals surface area contributed by atoms with E-state index < -0.39 is 0 Å². The fourth-order valence-electron chi connectivity index (χ4n) is 2.39. The van der Waals surface area contributed by atoms with Gasteiger partial charge in [0.15, 0.2) is 0 Å². The fraction of sp³-hybridized carbons (Fsp3) is 0.429. The quantitative estimate of drug-likeness (QED) is 0.772. The Morgan fingerprint density at radius 3 is 3.20 bits per heavy atom. The number of halogens is 2. The summed E-state index contributed by atoms with van der Waals surface area (Å²) in [6, 6.07) is 6.12. The van der Waals surface area contributed by atoms with Gasteiger partial charge in [0.05, 0.1) is 12.2 Å². The molecule has 2 heterocycles. The number of hydrogen-bond donors (Lipinski definition) is 0. The van der Waals surface area contributed by atoms with Crippen LogP contribution in [-0.2, 0) is 19.4 Å². The van der Waals surface area contributed by atoms with Crippen LogP contribution in [0, 0.1) is 0 Å². The van der Waals surface area contributed by atoms with Gasteiger partial charge in [0.1, 0.15) is 11.9 Å². The third-order valence-corrected chi connectivity index (χ3v) is 4.07. The maximum absolute atomic E-state index is 5.93. The van der Waals surface area contributed by atoms with E-state index >= 15 is 0 Å². The van der Waals surface area contributed by atoms with Gasteiger partial charge in [0, 0.05) is 23.0 Å². The van der Waals surface area contributed by atoms with Gasteiger partial charge in [-0.25, -0.2) is 4.68 Å². The summed E-state index contributed by atoms with van der Waals surface area (Å²) in [7, 11) is 0. The molecule has 20 heavy (non-hydrogen) atoms. The number of nitrogens with zero attached hydrogens (tertiary/aromatic N) is 3. The second-order valence-corrected chi connectivity index (χ2v) is 6.21. The Labute approximate surface area is 131 Å². The summed E-state index contributed by atoms with van der Waals surface area (Å²) in [5.74, 6) is 1.63. The average molecular weight is 357 g/mol. The zero-order chi connectivity index (χ0) is 13.9. The van der Waals surface area contributed by atoms with E-state index in [1.54, 1.807) is 0 Å². The van der Waals surface area contributed by atoms with Crippen LogP contribution in [0.2, 0.25) is 0 Å². The molecule has 3 rings (SSSR count). The standard InChI is InChI=1S/C14H15BrClN3O/c15-11-3-4-14-10(6-11)7-13(20-14)9-19-8-12(17-18-19)2-1-5-16/h3-4,6,8,13H,1-2,5,7,9H2. The minimum atomic E-state index is 0.127. The van der Waals surface area contributed by atoms with Crippen LogP contribution in [0.4, 0.5) is 0 Å². The van der Waals surface area contributed by atoms with Gasteiger partial charge < -0.3 is 4.74 Å². The molecule has 0 saturated heterocycles. The van der Waals surface area contributed by atoms with Crippen molar-refractivity contribution in [1.82, 2.24) is 15.0 Å². The van der Waals surface area contributed by atoms with Crippen LogP contribution in [0.5, 0.6) is 5.75 Å². The molecule has 1 unspecified atom stereocenters. The molecule has 0 N–H and O–H groups in total. The van der Waals surface area contributed by atoms with Crippen molar-refractivity contribution in [2.75, 3.05) is 5.88 Å². The molecule has 0 radical (unpaired) electrons. The van der Waals surface area contributed by atoms with Gasteiger partial charge in [-0.05, 0) is 36.6 Å². The number of aromatic nitrogens is 3. The van der Waals surface area contributed by atoms with Crippen LogP contribution in [0.15, 0.2) is 28.9 Å². The highest BCUT2D eigenvalue weighted by Gasteiger charge is 2.23. The summed E-state index contributed by atoms with van der Waals surface area (Å²) in [5.41, 5.74) is 2.23. The Kier molecular flexibility index (Phi) is 4.27. The number of aryl methyl sites for hydroxylation is 1. The largest absolute Gasteiger partial charge is 0.488 e. The predicted octanol–water partition coefficient (Wildman–Crippen LogP) is 3.22. The van der Waals surface area contributed by atoms with Gasteiger partial charge in [0.25, 0.3) is 0 Å². The van der Waals surface area contributed by atoms with Crippen molar-refractivity contribution in [2.45, 2.75) is 31.9 Å². The molecule has 2 aromatic rings. The van der Waals surface area contributed by atoms with Crippen LogP contribution in [-0.4, -0.2) is 27.0 Å². The first-order valence-corrected chi connectivity index (χ1v) is 7.97. The normalized spacial score (nSPS) is 17.0. The van der Waals surface area contributed by atoms with Crippen LogP contribution in [0.3, 0.4) is 0 Å². The van der Waals surface area contributed by atoms with Gasteiger partial charge in [-0.15, -0.1) is 16.7 Å². The van der Waals surface area contributed by atoms with Crippen LogP contribution in [0.1, 0.15) is 17.7 Å². The van der Waals surface area contributed by atoms with Crippen molar-refractivity contribution in [1.29, 1.82) is 0 Å². The summed E-state index contributed by atoms with van der Waals surface area (Å²) in [5, 5.41) is 8.30. The summed E-state index contributed by atoms with van der Waals surface area (Å²) >= 11 is 9.17. The van der Waals surface area contributed by atoms with E-state index in [1.165, 1.54) is 5.56 Å². The molecule has 0 amide bonds. The van der Waals surface area contributed by atoms with Crippen molar-refractivity contribution in [3.63, 3.8) is 0 Å². The number of fused-ring (bicyclic) bond motifs is 1. The van der Waals surface area contributed by atoms with E-state index in [2.05, 4.69) is 32.3 Å². The molecule has 1 aliphatic rings. The molecular formula is C14H15BrClN3O. The van der Waals surface area contributed by atoms with E-state index in [0.29, 0.717) is 5.88 Å². The molecule has 106 valence electrons. The zero-order valence-electron chi connectivity index (χ0n) is 10.9. The van der Waals surface area contributed by atoms with Gasteiger partial charge in [-0.2, -0.15) is 0 Å². The van der Waals surface area contributed by atoms with Crippen LogP contribution < -0.4 is 4.74 Å². The maximum Gasteiger partial charge on any atom is 0.123 e. The Morgan fingerprint density at radius 2 is 2.35 bits per heavy atom. The highest BCUT2D eigenvalue weighted by molar-refractivity contribution is 9.10. The number of hydrogen-bond acceptors (Lipinski definition) is 3. The molecule has 0 bridgehead atoms. The lowest BCUT2D eigenvalue weighted by molar-refractivity contribution is 0.202. The lowest BCUT2D eigenvalue weighted by atomic mass is 10.1. The van der Waals surface area contributed by atoms with E-state index in [0.717, 1.165) is 41.7 Å². The van der Waals surface area contributed by atoms with E-state index in [9.17, 15) is 0 Å². The van der Waals surface area contributed by atoms with Gasteiger partial charge in [-0.3, -0.25) is 0 Å². The summed E-state index contributed by atoms with van der Waals surface area (Å²) < 4.78 is 8.87. The number of ether oxygens (including phenoxy) is 1. The number of rotatable bonds is 5. The van der Waals surface area contributed by atoms with Crippen molar-refractivity contribution in [3.8, 4) is 5.75 Å². The average Bonchev–Trinajstić information content (AvgIpc) is 3.02. The monoisotopic (exact) mass is 355 g/mol. The molecule has 6 heteroatoms. The molecule has 1 atom stereocenters. The first-order valence-electron chi connectivity index (χ1n) is 6.64. The SMILES string of the molecule is ClCCCc1cn(CC2Cc3cc(Br)ccc3O2)nn1. The topological polar surface area (TPSA) is 39.9 Å². The highest BCUT2D eigenvalue weighted by Crippen LogP contribution is 2.31. The zero-order valence-corrected chi connectivity index (χ0v) is 13.3. The van der Waals surface area contributed by atoms with E-state index in [-0.39, 0.29) is 6.10 Å². The second-order valence-electron chi connectivity index (χ2n) is 4.92. The van der Waals surface area contributed by atoms with Crippen LogP contribution in [0.25, 0.3) is 0 Å². The van der Waals surface area contributed by atoms with Crippen molar-refractivity contribution in [2.24, 2.45) is 0 Å². The van der Waals surface area contributed by atoms with Crippen molar-refractivity contribution in [3.05, 3.63) is 40.1 Å². The van der Waals surface area contributed by atoms with Crippen molar-refractivity contribution >= 4 is 27.5 Å². The second kappa shape index (κ2) is 6.14. The molecule has 0 saturated carbocycles. The third-order valence-electron chi connectivity index (χ3n) is 3.31. The Morgan fingerprint density at radius 1 is 1.45 bits per heavy atom. The molecule has 0 aliphatic carbocycles. The number of benzene rings is 1. The molecule has 4 nitrogen and oxygen atoms in total. The summed E-state index contributed by atoms with van der Waals surface area (Å²) in [6.07, 6.45) is 4.82. The molecular weight excluding hydrogens is 342 g/mol. The molecule has 1 aliphatic heterocycles. The van der Waals surface area contributed by atoms with Crippen molar-refractivity contribution < 1.29 is 4.74 Å². The minimum absolute atomic E-state index is 0.127. The molecule has 0 spiro atoms. The third kappa shape index (κ3) is 3.15. The van der Waals surface area contributed by atoms with Gasteiger partial charge >= 0.3 is 0 Å². The first kappa shape index (κ1) is 13.9. The predicted molar refractivity (Wildman–Crippen MR) is 81.3 cm³/mol. The lowest BCUT2D eigenvalue weighted by Crippen LogP contribution is -2.21. The minimum Gasteiger partial charge on any atom is -0.488 e. The molecule has 1 aromatic carbocycles. The molecule has 0 fully saturated rings. The smallest absolute Gasteiger partial charge is 0.123 e. The summed E-state index contributed by atoms with van der Waals surface area (Å²) in [6.45, 7) is 0.722. The Balaban J connectivity index is 1.61. The Bertz CT molecular complexity index is 602. The van der Waals surface area contributed by atoms with E-state index in [4.69, 9.17) is 16.3 Å². The highest BCUT2D eigenvalue weighted by atomic mass is 79.9. The first-order chi connectivity index (χ1) is 9.74. The van der Waals surface area contributed by atoms with E-state index in [1.807, 2.05) is 23.0 Å². The number of alkyl halides is 1. The van der Waals surface area contributed by atoms with Gasteiger partial charge in [-0.1, -0.05) is 21.1 Å². The van der Waals surface area contributed by atoms with Gasteiger partial charge in [0.2, 0.25) is 0 Å². The Hall–Kier alpha value is -1.07. The molecule has 1 aromatic heterocycles. The fourth-order valence-corrected chi connectivity index (χ4v) is 2.93. The summed E-state index contributed by atoms with van der Waals surface area (Å²) in [4.78, 5) is 0. The lowest BCUT2D eigenvalue weighted by Gasteiger charge is -2.09. The van der Waals surface area contributed by atoms with Crippen LogP contribution >= 0.6 is 27.5 Å².